The summed E-state index contributed by atoms with van der Waals surface area (Å²) in [4.78, 5) is 4.06. The highest BCUT2D eigenvalue weighted by molar-refractivity contribution is 14.0. The molecule has 6 nitrogen and oxygen atoms in total. The van der Waals surface area contributed by atoms with Gasteiger partial charge in [0.15, 0.2) is 5.96 Å². The van der Waals surface area contributed by atoms with E-state index in [0.29, 0.717) is 13.1 Å². The molecule has 0 aliphatic rings. The van der Waals surface area contributed by atoms with Gasteiger partial charge in [-0.15, -0.1) is 24.0 Å². The van der Waals surface area contributed by atoms with Gasteiger partial charge in [-0.25, -0.2) is 13.1 Å². The second kappa shape index (κ2) is 12.0. The molecule has 0 bridgehead atoms. The van der Waals surface area contributed by atoms with E-state index in [4.69, 9.17) is 0 Å². The van der Waals surface area contributed by atoms with E-state index in [0.717, 1.165) is 38.0 Å². The number of aliphatic imine (C=N–C) groups is 1. The first-order chi connectivity index (χ1) is 7.99. The number of hydrogen-bond donors (Lipinski definition) is 3. The largest absolute Gasteiger partial charge is 0.356 e. The second-order valence-electron chi connectivity index (χ2n) is 3.80. The summed E-state index contributed by atoms with van der Waals surface area (Å²) in [6.07, 6.45) is 4.13. The Kier molecular flexibility index (Phi) is 13.5. The predicted molar refractivity (Wildman–Crippen MR) is 87.2 cm³/mol. The van der Waals surface area contributed by atoms with Crippen molar-refractivity contribution in [3.63, 3.8) is 0 Å². The number of rotatable bonds is 8. The predicted octanol–water partition coefficient (Wildman–Crippen LogP) is 0.509. The van der Waals surface area contributed by atoms with Gasteiger partial charge in [-0.3, -0.25) is 4.99 Å². The molecule has 0 aliphatic carbocycles. The molecule has 3 N–H and O–H groups in total. The average Bonchev–Trinajstić information content (AvgIpc) is 2.25. The van der Waals surface area contributed by atoms with Crippen LogP contribution in [0.2, 0.25) is 0 Å². The number of halogens is 1. The van der Waals surface area contributed by atoms with Crippen LogP contribution in [0.4, 0.5) is 0 Å². The van der Waals surface area contributed by atoms with Crippen LogP contribution in [0.1, 0.15) is 26.2 Å². The molecule has 0 fully saturated rings. The van der Waals surface area contributed by atoms with Crippen LogP contribution < -0.4 is 15.4 Å². The molecule has 0 saturated heterocycles. The summed E-state index contributed by atoms with van der Waals surface area (Å²) in [6.45, 7) is 4.17. The summed E-state index contributed by atoms with van der Waals surface area (Å²) in [5.74, 6) is 0.762. The molecular weight excluding hydrogens is 367 g/mol. The number of nitrogens with zero attached hydrogens (tertiary/aromatic N) is 1. The highest BCUT2D eigenvalue weighted by atomic mass is 127. The molecule has 0 unspecified atom stereocenters. The summed E-state index contributed by atoms with van der Waals surface area (Å²) >= 11 is 0. The summed E-state index contributed by atoms with van der Waals surface area (Å²) in [5.41, 5.74) is 0. The van der Waals surface area contributed by atoms with Crippen molar-refractivity contribution >= 4 is 40.0 Å². The van der Waals surface area contributed by atoms with Gasteiger partial charge >= 0.3 is 0 Å². The van der Waals surface area contributed by atoms with Crippen molar-refractivity contribution in [3.8, 4) is 0 Å². The smallest absolute Gasteiger partial charge is 0.208 e. The molecule has 0 amide bonds. The Hall–Kier alpha value is -0.0900. The van der Waals surface area contributed by atoms with Crippen LogP contribution in [0.15, 0.2) is 4.99 Å². The topological polar surface area (TPSA) is 82.6 Å². The summed E-state index contributed by atoms with van der Waals surface area (Å²) in [6, 6.07) is 0. The van der Waals surface area contributed by atoms with Crippen LogP contribution >= 0.6 is 24.0 Å². The Morgan fingerprint density at radius 2 is 1.67 bits per heavy atom. The Bertz CT molecular complexity index is 320. The van der Waals surface area contributed by atoms with Gasteiger partial charge in [0.1, 0.15) is 0 Å². The maximum absolute atomic E-state index is 10.8. The molecule has 8 heteroatoms. The fourth-order valence-corrected chi connectivity index (χ4v) is 1.67. The first-order valence-electron chi connectivity index (χ1n) is 5.88. The maximum Gasteiger partial charge on any atom is 0.208 e. The van der Waals surface area contributed by atoms with Gasteiger partial charge in [0, 0.05) is 26.7 Å². The lowest BCUT2D eigenvalue weighted by atomic mass is 10.3. The zero-order valence-corrected chi connectivity index (χ0v) is 14.5. The van der Waals surface area contributed by atoms with Crippen molar-refractivity contribution in [2.45, 2.75) is 26.2 Å². The van der Waals surface area contributed by atoms with E-state index in [1.54, 1.807) is 7.05 Å². The fraction of sp³-hybridized carbons (Fsp3) is 0.900. The van der Waals surface area contributed by atoms with Crippen LogP contribution in [0.3, 0.4) is 0 Å². The number of nitrogens with one attached hydrogen (secondary N) is 3. The first kappa shape index (κ1) is 20.2. The van der Waals surface area contributed by atoms with E-state index in [1.165, 1.54) is 0 Å². The quantitative estimate of drug-likeness (QED) is 0.243. The van der Waals surface area contributed by atoms with Crippen molar-refractivity contribution in [1.82, 2.24) is 15.4 Å². The van der Waals surface area contributed by atoms with Crippen LogP contribution in [0.25, 0.3) is 0 Å². The maximum atomic E-state index is 10.8. The minimum Gasteiger partial charge on any atom is -0.356 e. The molecule has 0 radical (unpaired) electrons. The minimum absolute atomic E-state index is 0. The zero-order valence-electron chi connectivity index (χ0n) is 11.3. The third-order valence-electron chi connectivity index (χ3n) is 2.06. The van der Waals surface area contributed by atoms with Gasteiger partial charge in [-0.05, 0) is 12.8 Å². The van der Waals surface area contributed by atoms with Crippen molar-refractivity contribution in [2.75, 3.05) is 32.9 Å². The highest BCUT2D eigenvalue weighted by Gasteiger charge is 1.99. The zero-order chi connectivity index (χ0) is 13.1. The molecule has 0 aromatic rings. The van der Waals surface area contributed by atoms with Crippen molar-refractivity contribution < 1.29 is 8.42 Å². The molecule has 18 heavy (non-hydrogen) atoms. The molecule has 0 saturated carbocycles. The summed E-state index contributed by atoms with van der Waals surface area (Å²) in [5, 5.41) is 6.30. The average molecular weight is 392 g/mol. The molecule has 0 aromatic carbocycles. The minimum atomic E-state index is -3.07. The summed E-state index contributed by atoms with van der Waals surface area (Å²) < 4.78 is 24.0. The van der Waals surface area contributed by atoms with E-state index in [2.05, 4.69) is 27.3 Å². The molecule has 0 heterocycles. The molecule has 0 rings (SSSR count). The number of unbranched alkanes of at least 4 members (excludes halogenated alkanes) is 1. The monoisotopic (exact) mass is 392 g/mol. The van der Waals surface area contributed by atoms with Gasteiger partial charge in [0.05, 0.1) is 6.26 Å². The van der Waals surface area contributed by atoms with Crippen LogP contribution in [0.5, 0.6) is 0 Å². The lowest BCUT2D eigenvalue weighted by Crippen LogP contribution is -2.39. The standard InChI is InChI=1S/C10H24N4O2S.HI/c1-4-5-7-12-10(11-2)13-8-6-9-14-17(3,15)16;/h14H,4-9H2,1-3H3,(H2,11,12,13);1H. The van der Waals surface area contributed by atoms with E-state index >= 15 is 0 Å². The Balaban J connectivity index is 0. The fourth-order valence-electron chi connectivity index (χ4n) is 1.16. The Labute approximate surface area is 127 Å². The normalized spacial score (nSPS) is 11.8. The van der Waals surface area contributed by atoms with E-state index in [-0.39, 0.29) is 24.0 Å². The molecule has 0 aliphatic heterocycles. The van der Waals surface area contributed by atoms with Gasteiger partial charge < -0.3 is 10.6 Å². The number of sulfonamides is 1. The number of guanidine groups is 1. The van der Waals surface area contributed by atoms with E-state index in [9.17, 15) is 8.42 Å². The Morgan fingerprint density at radius 3 is 2.11 bits per heavy atom. The van der Waals surface area contributed by atoms with Crippen LogP contribution in [0, 0.1) is 0 Å². The van der Waals surface area contributed by atoms with Crippen molar-refractivity contribution in [3.05, 3.63) is 0 Å². The molecule has 0 aromatic heterocycles. The van der Waals surface area contributed by atoms with Crippen LogP contribution in [-0.4, -0.2) is 47.3 Å². The van der Waals surface area contributed by atoms with Crippen LogP contribution in [-0.2, 0) is 10.0 Å². The lowest BCUT2D eigenvalue weighted by molar-refractivity contribution is 0.584. The van der Waals surface area contributed by atoms with Gasteiger partial charge in [-0.1, -0.05) is 13.3 Å². The molecular formula is C10H25IN4O2S. The summed E-state index contributed by atoms with van der Waals surface area (Å²) in [7, 11) is -1.35. The Morgan fingerprint density at radius 1 is 1.11 bits per heavy atom. The highest BCUT2D eigenvalue weighted by Crippen LogP contribution is 1.83. The SMILES string of the molecule is CCCCNC(=NC)NCCCNS(C)(=O)=O.I. The van der Waals surface area contributed by atoms with Crippen molar-refractivity contribution in [1.29, 1.82) is 0 Å². The second-order valence-corrected chi connectivity index (χ2v) is 5.63. The van der Waals surface area contributed by atoms with Gasteiger partial charge in [0.2, 0.25) is 10.0 Å². The van der Waals surface area contributed by atoms with Gasteiger partial charge in [0.25, 0.3) is 0 Å². The molecule has 110 valence electrons. The lowest BCUT2D eigenvalue weighted by Gasteiger charge is -2.11. The third kappa shape index (κ3) is 14.0. The van der Waals surface area contributed by atoms with Gasteiger partial charge in [-0.2, -0.15) is 0 Å². The first-order valence-corrected chi connectivity index (χ1v) is 7.78. The van der Waals surface area contributed by atoms with E-state index in [1.807, 2.05) is 0 Å². The third-order valence-corrected chi connectivity index (χ3v) is 2.79. The molecule has 0 spiro atoms. The van der Waals surface area contributed by atoms with Crippen molar-refractivity contribution in [2.24, 2.45) is 4.99 Å². The van der Waals surface area contributed by atoms with E-state index < -0.39 is 10.0 Å². The number of hydrogen-bond acceptors (Lipinski definition) is 3. The molecule has 0 atom stereocenters.